The largest absolute Gasteiger partial charge is 0.352 e. The number of benzene rings is 1. The molecule has 2 rings (SSSR count). The molecule has 1 aliphatic rings. The third-order valence-corrected chi connectivity index (χ3v) is 6.76. The van der Waals surface area contributed by atoms with Crippen LogP contribution < -0.4 is 10.6 Å². The molecule has 0 bridgehead atoms. The van der Waals surface area contributed by atoms with Crippen molar-refractivity contribution in [3.05, 3.63) is 29.8 Å². The molecule has 27 heavy (non-hydrogen) atoms. The molecular weight excluding hydrogens is 366 g/mol. The number of sulfonamides is 1. The predicted molar refractivity (Wildman–Crippen MR) is 104 cm³/mol. The summed E-state index contributed by atoms with van der Waals surface area (Å²) >= 11 is 0. The smallest absolute Gasteiger partial charge is 0.253 e. The summed E-state index contributed by atoms with van der Waals surface area (Å²) in [5.41, 5.74) is 0.0614. The van der Waals surface area contributed by atoms with Crippen molar-refractivity contribution in [1.82, 2.24) is 14.9 Å². The molecule has 1 saturated heterocycles. The van der Waals surface area contributed by atoms with Crippen molar-refractivity contribution in [1.29, 1.82) is 0 Å². The Balaban J connectivity index is 2.19. The van der Waals surface area contributed by atoms with Crippen LogP contribution in [0.3, 0.4) is 0 Å². The highest BCUT2D eigenvalue weighted by Gasteiger charge is 2.30. The zero-order chi connectivity index (χ0) is 20.0. The number of nitrogens with one attached hydrogen (secondary N) is 2. The van der Waals surface area contributed by atoms with E-state index in [1.807, 2.05) is 13.8 Å². The Bertz CT molecular complexity index is 773. The van der Waals surface area contributed by atoms with E-state index in [9.17, 15) is 18.0 Å². The second-order valence-electron chi connectivity index (χ2n) is 6.97. The average molecular weight is 396 g/mol. The summed E-state index contributed by atoms with van der Waals surface area (Å²) in [6.07, 6.45) is 3.43. The predicted octanol–water partition coefficient (Wildman–Crippen LogP) is 1.89. The van der Waals surface area contributed by atoms with Gasteiger partial charge in [-0.25, -0.2) is 8.42 Å². The number of amides is 2. The van der Waals surface area contributed by atoms with Gasteiger partial charge in [-0.05, 0) is 45.2 Å². The summed E-state index contributed by atoms with van der Waals surface area (Å²) in [5.74, 6) is -0.868. The Kier molecular flexibility index (Phi) is 7.38. The molecule has 2 amide bonds. The van der Waals surface area contributed by atoms with E-state index in [0.29, 0.717) is 13.1 Å². The topological polar surface area (TPSA) is 95.6 Å². The van der Waals surface area contributed by atoms with Crippen LogP contribution in [0.2, 0.25) is 0 Å². The fourth-order valence-corrected chi connectivity index (χ4v) is 4.64. The Morgan fingerprint density at radius 1 is 1.07 bits per heavy atom. The molecule has 0 radical (unpaired) electrons. The SMILES string of the molecule is CCC(C)NC(=O)C(C)NC(=O)c1ccccc1S(=O)(=O)N1CCCCC1. The van der Waals surface area contributed by atoms with Gasteiger partial charge in [-0.15, -0.1) is 0 Å². The van der Waals surface area contributed by atoms with E-state index in [1.165, 1.54) is 16.4 Å². The van der Waals surface area contributed by atoms with Gasteiger partial charge >= 0.3 is 0 Å². The molecule has 0 aromatic heterocycles. The van der Waals surface area contributed by atoms with Gasteiger partial charge in [0, 0.05) is 19.1 Å². The number of piperidine rings is 1. The van der Waals surface area contributed by atoms with Gasteiger partial charge in [0.05, 0.1) is 10.5 Å². The van der Waals surface area contributed by atoms with Gasteiger partial charge in [0.1, 0.15) is 6.04 Å². The van der Waals surface area contributed by atoms with E-state index in [2.05, 4.69) is 10.6 Å². The molecule has 2 atom stereocenters. The molecule has 1 fully saturated rings. The van der Waals surface area contributed by atoms with Crippen LogP contribution in [-0.4, -0.2) is 49.7 Å². The van der Waals surface area contributed by atoms with Gasteiger partial charge in [0.15, 0.2) is 0 Å². The molecule has 0 saturated carbocycles. The fraction of sp³-hybridized carbons (Fsp3) is 0.579. The van der Waals surface area contributed by atoms with E-state index in [-0.39, 0.29) is 22.4 Å². The minimum absolute atomic E-state index is 0.00335. The van der Waals surface area contributed by atoms with Crippen molar-refractivity contribution in [3.8, 4) is 0 Å². The highest BCUT2D eigenvalue weighted by molar-refractivity contribution is 7.89. The Morgan fingerprint density at radius 2 is 1.70 bits per heavy atom. The van der Waals surface area contributed by atoms with E-state index < -0.39 is 22.0 Å². The number of rotatable bonds is 7. The second kappa shape index (κ2) is 9.32. The van der Waals surface area contributed by atoms with E-state index in [4.69, 9.17) is 0 Å². The second-order valence-corrected chi connectivity index (χ2v) is 8.88. The minimum atomic E-state index is -3.74. The van der Waals surface area contributed by atoms with Gasteiger partial charge in [0.2, 0.25) is 15.9 Å². The molecular formula is C19H29N3O4S. The fourth-order valence-electron chi connectivity index (χ4n) is 2.93. The number of hydrogen-bond acceptors (Lipinski definition) is 4. The quantitative estimate of drug-likeness (QED) is 0.737. The summed E-state index contributed by atoms with van der Waals surface area (Å²) in [6, 6.07) is 5.38. The molecule has 8 heteroatoms. The standard InChI is InChI=1S/C19H29N3O4S/c1-4-14(2)20-18(23)15(3)21-19(24)16-10-6-7-11-17(16)27(25,26)22-12-8-5-9-13-22/h6-7,10-11,14-15H,4-5,8-9,12-13H2,1-3H3,(H,20,23)(H,21,24). The lowest BCUT2D eigenvalue weighted by atomic mass is 10.2. The number of hydrogen-bond donors (Lipinski definition) is 2. The Hall–Kier alpha value is -1.93. The van der Waals surface area contributed by atoms with Crippen LogP contribution in [0, 0.1) is 0 Å². The molecule has 2 N–H and O–H groups in total. The maximum absolute atomic E-state index is 13.0. The van der Waals surface area contributed by atoms with Gasteiger partial charge in [-0.1, -0.05) is 25.5 Å². The molecule has 1 heterocycles. The van der Waals surface area contributed by atoms with Crippen molar-refractivity contribution in [2.75, 3.05) is 13.1 Å². The number of carbonyl (C=O) groups excluding carboxylic acids is 2. The lowest BCUT2D eigenvalue weighted by molar-refractivity contribution is -0.123. The van der Waals surface area contributed by atoms with Crippen molar-refractivity contribution in [2.45, 2.75) is 63.4 Å². The first kappa shape index (κ1) is 21.4. The van der Waals surface area contributed by atoms with Crippen molar-refractivity contribution in [2.24, 2.45) is 0 Å². The molecule has 7 nitrogen and oxygen atoms in total. The van der Waals surface area contributed by atoms with Crippen LogP contribution in [0.4, 0.5) is 0 Å². The number of nitrogens with zero attached hydrogens (tertiary/aromatic N) is 1. The summed E-state index contributed by atoms with van der Waals surface area (Å²) in [5, 5.41) is 5.41. The molecule has 1 aliphatic heterocycles. The molecule has 0 spiro atoms. The summed E-state index contributed by atoms with van der Waals surface area (Å²) in [6.45, 7) is 6.35. The molecule has 0 aliphatic carbocycles. The first-order chi connectivity index (χ1) is 12.8. The molecule has 150 valence electrons. The highest BCUT2D eigenvalue weighted by atomic mass is 32.2. The van der Waals surface area contributed by atoms with Crippen LogP contribution in [0.25, 0.3) is 0 Å². The van der Waals surface area contributed by atoms with Crippen LogP contribution >= 0.6 is 0 Å². The minimum Gasteiger partial charge on any atom is -0.352 e. The van der Waals surface area contributed by atoms with Crippen LogP contribution in [0.1, 0.15) is 56.8 Å². The number of carbonyl (C=O) groups is 2. The van der Waals surface area contributed by atoms with Crippen LogP contribution in [0.5, 0.6) is 0 Å². The lowest BCUT2D eigenvalue weighted by Crippen LogP contribution is -2.47. The first-order valence-electron chi connectivity index (χ1n) is 9.47. The van der Waals surface area contributed by atoms with Crippen molar-refractivity contribution < 1.29 is 18.0 Å². The van der Waals surface area contributed by atoms with Crippen LogP contribution in [-0.2, 0) is 14.8 Å². The summed E-state index contributed by atoms with van der Waals surface area (Å²) < 4.78 is 27.4. The lowest BCUT2D eigenvalue weighted by Gasteiger charge is -2.26. The van der Waals surface area contributed by atoms with Gasteiger partial charge in [-0.2, -0.15) is 4.31 Å². The maximum atomic E-state index is 13.0. The summed E-state index contributed by atoms with van der Waals surface area (Å²) in [7, 11) is -3.74. The third-order valence-electron chi connectivity index (χ3n) is 4.81. The zero-order valence-electron chi connectivity index (χ0n) is 16.2. The maximum Gasteiger partial charge on any atom is 0.253 e. The summed E-state index contributed by atoms with van der Waals surface area (Å²) in [4.78, 5) is 24.8. The Morgan fingerprint density at radius 3 is 2.33 bits per heavy atom. The third kappa shape index (κ3) is 5.29. The monoisotopic (exact) mass is 395 g/mol. The van der Waals surface area contributed by atoms with Gasteiger partial charge in [-0.3, -0.25) is 9.59 Å². The van der Waals surface area contributed by atoms with E-state index in [1.54, 1.807) is 19.1 Å². The van der Waals surface area contributed by atoms with Crippen LogP contribution in [0.15, 0.2) is 29.2 Å². The first-order valence-corrected chi connectivity index (χ1v) is 10.9. The van der Waals surface area contributed by atoms with Gasteiger partial charge < -0.3 is 10.6 Å². The molecule has 2 unspecified atom stereocenters. The normalized spacial score (nSPS) is 17.7. The molecule has 1 aromatic rings. The molecule has 1 aromatic carbocycles. The van der Waals surface area contributed by atoms with Crippen molar-refractivity contribution in [3.63, 3.8) is 0 Å². The average Bonchev–Trinajstić information content (AvgIpc) is 2.68. The zero-order valence-corrected chi connectivity index (χ0v) is 17.0. The van der Waals surface area contributed by atoms with E-state index >= 15 is 0 Å². The van der Waals surface area contributed by atoms with Gasteiger partial charge in [0.25, 0.3) is 5.91 Å². The highest BCUT2D eigenvalue weighted by Crippen LogP contribution is 2.23. The van der Waals surface area contributed by atoms with E-state index in [0.717, 1.165) is 25.7 Å². The Labute approximate surface area is 161 Å². The van der Waals surface area contributed by atoms with Crippen molar-refractivity contribution >= 4 is 21.8 Å².